The van der Waals surface area contributed by atoms with E-state index in [1.165, 1.54) is 0 Å². The Morgan fingerprint density at radius 1 is 1.47 bits per heavy atom. The molecule has 1 aliphatic heterocycles. The zero-order valence-electron chi connectivity index (χ0n) is 9.85. The van der Waals surface area contributed by atoms with Gasteiger partial charge < -0.3 is 10.6 Å². The van der Waals surface area contributed by atoms with Gasteiger partial charge in [0, 0.05) is 24.3 Å². The number of rotatable bonds is 3. The molecule has 0 aliphatic carbocycles. The Kier molecular flexibility index (Phi) is 2.88. The van der Waals surface area contributed by atoms with Gasteiger partial charge in [-0.25, -0.2) is 0 Å². The number of carbonyl (C=O) groups is 2. The van der Waals surface area contributed by atoms with Crippen LogP contribution < -0.4 is 10.6 Å². The molecule has 1 heterocycles. The summed E-state index contributed by atoms with van der Waals surface area (Å²) in [7, 11) is 0. The molecular weight excluding hydrogens is 216 g/mol. The molecule has 4 heteroatoms. The van der Waals surface area contributed by atoms with Crippen molar-refractivity contribution in [1.29, 1.82) is 0 Å². The molecular formula is C13H16N2O2. The first-order valence-electron chi connectivity index (χ1n) is 5.66. The molecule has 1 amide bonds. The maximum atomic E-state index is 11.4. The summed E-state index contributed by atoms with van der Waals surface area (Å²) >= 11 is 0. The number of benzene rings is 1. The summed E-state index contributed by atoms with van der Waals surface area (Å²) < 4.78 is 0. The summed E-state index contributed by atoms with van der Waals surface area (Å²) in [4.78, 5) is 24.4. The summed E-state index contributed by atoms with van der Waals surface area (Å²) in [6.07, 6.45) is 1.57. The Bertz CT molecular complexity index is 458. The predicted octanol–water partition coefficient (Wildman–Crippen LogP) is 1.20. The van der Waals surface area contributed by atoms with Gasteiger partial charge in [0.2, 0.25) is 5.91 Å². The first-order valence-corrected chi connectivity index (χ1v) is 5.66. The van der Waals surface area contributed by atoms with E-state index in [1.807, 2.05) is 25.1 Å². The summed E-state index contributed by atoms with van der Waals surface area (Å²) in [5.41, 5.74) is 6.45. The van der Waals surface area contributed by atoms with Gasteiger partial charge >= 0.3 is 0 Å². The van der Waals surface area contributed by atoms with E-state index >= 15 is 0 Å². The minimum absolute atomic E-state index is 0.274. The SMILES string of the molecule is CC1(C(N)=O)CCN(c2ccccc2C=O)C1. The fourth-order valence-electron chi connectivity index (χ4n) is 2.24. The van der Waals surface area contributed by atoms with Crippen molar-refractivity contribution in [2.24, 2.45) is 11.1 Å². The summed E-state index contributed by atoms with van der Waals surface area (Å²) in [5, 5.41) is 0. The lowest BCUT2D eigenvalue weighted by atomic mass is 9.89. The van der Waals surface area contributed by atoms with Crippen LogP contribution in [0.3, 0.4) is 0 Å². The summed E-state index contributed by atoms with van der Waals surface area (Å²) in [6.45, 7) is 3.20. The molecule has 1 saturated heterocycles. The number of nitrogens with two attached hydrogens (primary N) is 1. The molecule has 1 aromatic carbocycles. The molecule has 1 fully saturated rings. The lowest BCUT2D eigenvalue weighted by Gasteiger charge is -2.23. The molecule has 90 valence electrons. The van der Waals surface area contributed by atoms with Crippen molar-refractivity contribution >= 4 is 17.9 Å². The van der Waals surface area contributed by atoms with Gasteiger partial charge in [-0.2, -0.15) is 0 Å². The van der Waals surface area contributed by atoms with E-state index in [4.69, 9.17) is 5.73 Å². The van der Waals surface area contributed by atoms with E-state index in [2.05, 4.69) is 4.90 Å². The quantitative estimate of drug-likeness (QED) is 0.796. The van der Waals surface area contributed by atoms with Crippen molar-refractivity contribution in [3.05, 3.63) is 29.8 Å². The molecule has 0 spiro atoms. The van der Waals surface area contributed by atoms with Crippen molar-refractivity contribution in [2.75, 3.05) is 18.0 Å². The van der Waals surface area contributed by atoms with E-state index in [0.717, 1.165) is 24.9 Å². The van der Waals surface area contributed by atoms with Crippen LogP contribution in [0.15, 0.2) is 24.3 Å². The molecule has 0 aromatic heterocycles. The third-order valence-corrected chi connectivity index (χ3v) is 3.47. The molecule has 4 nitrogen and oxygen atoms in total. The van der Waals surface area contributed by atoms with Gasteiger partial charge in [-0.15, -0.1) is 0 Å². The standard InChI is InChI=1S/C13H16N2O2/c1-13(12(14)17)6-7-15(9-13)11-5-3-2-4-10(11)8-16/h2-5,8H,6-7,9H2,1H3,(H2,14,17). The molecule has 1 unspecified atom stereocenters. The van der Waals surface area contributed by atoms with Crippen LogP contribution in [-0.4, -0.2) is 25.3 Å². The second-order valence-electron chi connectivity index (χ2n) is 4.77. The van der Waals surface area contributed by atoms with Gasteiger partial charge in [-0.05, 0) is 25.5 Å². The summed E-state index contributed by atoms with van der Waals surface area (Å²) in [5.74, 6) is -0.274. The smallest absolute Gasteiger partial charge is 0.225 e. The van der Waals surface area contributed by atoms with E-state index < -0.39 is 5.41 Å². The van der Waals surface area contributed by atoms with Gasteiger partial charge in [0.05, 0.1) is 5.41 Å². The Balaban J connectivity index is 2.26. The zero-order valence-corrected chi connectivity index (χ0v) is 9.85. The number of hydrogen-bond donors (Lipinski definition) is 1. The van der Waals surface area contributed by atoms with Gasteiger partial charge in [0.25, 0.3) is 0 Å². The van der Waals surface area contributed by atoms with E-state index in [0.29, 0.717) is 12.1 Å². The highest BCUT2D eigenvalue weighted by Crippen LogP contribution is 2.33. The van der Waals surface area contributed by atoms with Crippen LogP contribution in [0.5, 0.6) is 0 Å². The third-order valence-electron chi connectivity index (χ3n) is 3.47. The minimum atomic E-state index is -0.490. The van der Waals surface area contributed by atoms with Crippen LogP contribution in [0.4, 0.5) is 5.69 Å². The number of nitrogens with zero attached hydrogens (tertiary/aromatic N) is 1. The Morgan fingerprint density at radius 2 is 2.18 bits per heavy atom. The zero-order chi connectivity index (χ0) is 12.5. The van der Waals surface area contributed by atoms with Crippen LogP contribution in [0.1, 0.15) is 23.7 Å². The van der Waals surface area contributed by atoms with Crippen molar-refractivity contribution in [3.63, 3.8) is 0 Å². The fraction of sp³-hybridized carbons (Fsp3) is 0.385. The average Bonchev–Trinajstić information content (AvgIpc) is 2.73. The van der Waals surface area contributed by atoms with Gasteiger partial charge in [-0.1, -0.05) is 12.1 Å². The number of hydrogen-bond acceptors (Lipinski definition) is 3. The van der Waals surface area contributed by atoms with E-state index in [1.54, 1.807) is 6.07 Å². The lowest BCUT2D eigenvalue weighted by Crippen LogP contribution is -2.37. The molecule has 0 bridgehead atoms. The van der Waals surface area contributed by atoms with Gasteiger partial charge in [-0.3, -0.25) is 9.59 Å². The number of aldehydes is 1. The number of carbonyl (C=O) groups excluding carboxylic acids is 2. The molecule has 17 heavy (non-hydrogen) atoms. The van der Waals surface area contributed by atoms with E-state index in [9.17, 15) is 9.59 Å². The highest BCUT2D eigenvalue weighted by Gasteiger charge is 2.39. The van der Waals surface area contributed by atoms with Crippen LogP contribution in [0, 0.1) is 5.41 Å². The fourth-order valence-corrected chi connectivity index (χ4v) is 2.24. The highest BCUT2D eigenvalue weighted by molar-refractivity contribution is 5.86. The topological polar surface area (TPSA) is 63.4 Å². The predicted molar refractivity (Wildman–Crippen MR) is 66.0 cm³/mol. The largest absolute Gasteiger partial charge is 0.370 e. The Labute approximate surface area is 100 Å². The van der Waals surface area contributed by atoms with Crippen LogP contribution in [0.2, 0.25) is 0 Å². The number of anilines is 1. The van der Waals surface area contributed by atoms with Gasteiger partial charge in [0.15, 0.2) is 6.29 Å². The second-order valence-corrected chi connectivity index (χ2v) is 4.77. The molecule has 2 N–H and O–H groups in total. The number of primary amides is 1. The number of para-hydroxylation sites is 1. The first kappa shape index (κ1) is 11.6. The summed E-state index contributed by atoms with van der Waals surface area (Å²) in [6, 6.07) is 7.40. The van der Waals surface area contributed by atoms with Crippen molar-refractivity contribution < 1.29 is 9.59 Å². The monoisotopic (exact) mass is 232 g/mol. The van der Waals surface area contributed by atoms with Crippen molar-refractivity contribution in [3.8, 4) is 0 Å². The van der Waals surface area contributed by atoms with Gasteiger partial charge in [0.1, 0.15) is 0 Å². The highest BCUT2D eigenvalue weighted by atomic mass is 16.1. The maximum absolute atomic E-state index is 11.4. The lowest BCUT2D eigenvalue weighted by molar-refractivity contribution is -0.125. The first-order chi connectivity index (χ1) is 8.07. The average molecular weight is 232 g/mol. The molecule has 1 aromatic rings. The number of amides is 1. The third kappa shape index (κ3) is 2.02. The molecule has 1 atom stereocenters. The van der Waals surface area contributed by atoms with Crippen LogP contribution in [0.25, 0.3) is 0 Å². The molecule has 0 saturated carbocycles. The minimum Gasteiger partial charge on any atom is -0.370 e. The molecule has 2 rings (SSSR count). The Morgan fingerprint density at radius 3 is 2.76 bits per heavy atom. The second kappa shape index (κ2) is 4.20. The van der Waals surface area contributed by atoms with Crippen LogP contribution in [-0.2, 0) is 4.79 Å². The van der Waals surface area contributed by atoms with Crippen LogP contribution >= 0.6 is 0 Å². The van der Waals surface area contributed by atoms with E-state index in [-0.39, 0.29) is 5.91 Å². The van der Waals surface area contributed by atoms with Crippen molar-refractivity contribution in [2.45, 2.75) is 13.3 Å². The normalized spacial score (nSPS) is 23.7. The molecule has 1 aliphatic rings. The Hall–Kier alpha value is -1.84. The maximum Gasteiger partial charge on any atom is 0.225 e. The van der Waals surface area contributed by atoms with Crippen molar-refractivity contribution in [1.82, 2.24) is 0 Å². The molecule has 0 radical (unpaired) electrons.